The summed E-state index contributed by atoms with van der Waals surface area (Å²) < 4.78 is 5.25. The minimum atomic E-state index is 0.356. The summed E-state index contributed by atoms with van der Waals surface area (Å²) >= 11 is 0. The monoisotopic (exact) mass is 216 g/mol. The van der Waals surface area contributed by atoms with Gasteiger partial charge in [-0.05, 0) is 35.5 Å². The van der Waals surface area contributed by atoms with Gasteiger partial charge >= 0.3 is 0 Å². The highest BCUT2D eigenvalue weighted by molar-refractivity contribution is 5.87. The molecule has 0 saturated carbocycles. The first-order valence-corrected chi connectivity index (χ1v) is 5.39. The fourth-order valence-corrected chi connectivity index (χ4v) is 1.76. The molecule has 0 aliphatic rings. The van der Waals surface area contributed by atoms with Crippen LogP contribution in [0.1, 0.15) is 18.4 Å². The molecule has 1 aromatic heterocycles. The first kappa shape index (κ1) is 10.9. The molecule has 0 bridgehead atoms. The lowest BCUT2D eigenvalue weighted by molar-refractivity contribution is 0.403. The maximum absolute atomic E-state index is 5.67. The van der Waals surface area contributed by atoms with Crippen molar-refractivity contribution in [2.24, 2.45) is 5.73 Å². The molecule has 84 valence electrons. The fourth-order valence-electron chi connectivity index (χ4n) is 1.76. The molecule has 0 fully saturated rings. The van der Waals surface area contributed by atoms with Crippen molar-refractivity contribution in [3.63, 3.8) is 0 Å². The zero-order valence-corrected chi connectivity index (χ0v) is 9.60. The van der Waals surface area contributed by atoms with Crippen LogP contribution in [-0.4, -0.2) is 18.6 Å². The molecule has 1 unspecified atom stereocenters. The Kier molecular flexibility index (Phi) is 3.06. The van der Waals surface area contributed by atoms with E-state index in [4.69, 9.17) is 10.5 Å². The van der Waals surface area contributed by atoms with Gasteiger partial charge in [0.1, 0.15) is 0 Å². The van der Waals surface area contributed by atoms with E-state index in [-0.39, 0.29) is 0 Å². The van der Waals surface area contributed by atoms with Crippen LogP contribution in [0.15, 0.2) is 30.5 Å². The van der Waals surface area contributed by atoms with Crippen molar-refractivity contribution in [2.75, 3.05) is 13.7 Å². The molecule has 0 aliphatic carbocycles. The van der Waals surface area contributed by atoms with E-state index in [9.17, 15) is 0 Å². The third kappa shape index (κ3) is 1.86. The Hall–Kier alpha value is -1.61. The van der Waals surface area contributed by atoms with Gasteiger partial charge in [0.25, 0.3) is 0 Å². The van der Waals surface area contributed by atoms with E-state index in [1.807, 2.05) is 6.07 Å². The van der Waals surface area contributed by atoms with Crippen molar-refractivity contribution < 1.29 is 4.74 Å². The summed E-state index contributed by atoms with van der Waals surface area (Å²) in [6.45, 7) is 2.76. The molecule has 1 atom stereocenters. The average Bonchev–Trinajstić information content (AvgIpc) is 2.36. The molecular weight excluding hydrogens is 200 g/mol. The quantitative estimate of drug-likeness (QED) is 0.856. The molecular formula is C13H16N2O. The van der Waals surface area contributed by atoms with Crippen LogP contribution in [0.4, 0.5) is 0 Å². The summed E-state index contributed by atoms with van der Waals surface area (Å²) in [6.07, 6.45) is 1.76. The zero-order chi connectivity index (χ0) is 11.5. The topological polar surface area (TPSA) is 48.1 Å². The van der Waals surface area contributed by atoms with Gasteiger partial charge in [0.2, 0.25) is 5.88 Å². The van der Waals surface area contributed by atoms with Crippen LogP contribution >= 0.6 is 0 Å². The number of pyridine rings is 1. The highest BCUT2D eigenvalue weighted by Crippen LogP contribution is 2.26. The number of benzene rings is 1. The van der Waals surface area contributed by atoms with E-state index in [2.05, 4.69) is 30.1 Å². The summed E-state index contributed by atoms with van der Waals surface area (Å²) in [5.74, 6) is 1.03. The number of nitrogens with two attached hydrogens (primary N) is 1. The third-order valence-electron chi connectivity index (χ3n) is 2.87. The standard InChI is InChI=1S/C13H16N2O/c1-9(8-14)11-4-3-10-5-6-15-13(16-2)12(10)7-11/h3-7,9H,8,14H2,1-2H3. The minimum Gasteiger partial charge on any atom is -0.481 e. The number of methoxy groups -OCH3 is 1. The largest absolute Gasteiger partial charge is 0.481 e. The number of ether oxygens (including phenoxy) is 1. The molecule has 2 N–H and O–H groups in total. The van der Waals surface area contributed by atoms with Crippen molar-refractivity contribution in [3.8, 4) is 5.88 Å². The number of hydrogen-bond donors (Lipinski definition) is 1. The maximum atomic E-state index is 5.67. The highest BCUT2D eigenvalue weighted by Gasteiger charge is 2.07. The molecule has 0 saturated heterocycles. The summed E-state index contributed by atoms with van der Waals surface area (Å²) in [5.41, 5.74) is 6.90. The normalized spacial score (nSPS) is 12.7. The van der Waals surface area contributed by atoms with E-state index in [1.54, 1.807) is 13.3 Å². The molecule has 3 nitrogen and oxygen atoms in total. The summed E-state index contributed by atoms with van der Waals surface area (Å²) in [5, 5.41) is 2.18. The van der Waals surface area contributed by atoms with Gasteiger partial charge in [0.05, 0.1) is 7.11 Å². The van der Waals surface area contributed by atoms with Crippen LogP contribution in [0, 0.1) is 0 Å². The third-order valence-corrected chi connectivity index (χ3v) is 2.87. The van der Waals surface area contributed by atoms with Gasteiger partial charge in [-0.15, -0.1) is 0 Å². The fraction of sp³-hybridized carbons (Fsp3) is 0.308. The van der Waals surface area contributed by atoms with Crippen molar-refractivity contribution in [3.05, 3.63) is 36.0 Å². The number of aromatic nitrogens is 1. The van der Waals surface area contributed by atoms with E-state index in [0.29, 0.717) is 18.3 Å². The Morgan fingerprint density at radius 1 is 1.38 bits per heavy atom. The molecule has 3 heteroatoms. The average molecular weight is 216 g/mol. The number of fused-ring (bicyclic) bond motifs is 1. The van der Waals surface area contributed by atoms with Crippen molar-refractivity contribution in [1.82, 2.24) is 4.98 Å². The van der Waals surface area contributed by atoms with Crippen LogP contribution in [0.2, 0.25) is 0 Å². The van der Waals surface area contributed by atoms with Crippen molar-refractivity contribution in [1.29, 1.82) is 0 Å². The maximum Gasteiger partial charge on any atom is 0.221 e. The predicted molar refractivity (Wildman–Crippen MR) is 65.8 cm³/mol. The van der Waals surface area contributed by atoms with Gasteiger partial charge in [-0.25, -0.2) is 4.98 Å². The number of hydrogen-bond acceptors (Lipinski definition) is 3. The first-order valence-electron chi connectivity index (χ1n) is 5.39. The highest BCUT2D eigenvalue weighted by atomic mass is 16.5. The molecule has 2 rings (SSSR count). The second kappa shape index (κ2) is 4.49. The van der Waals surface area contributed by atoms with E-state index in [0.717, 1.165) is 10.8 Å². The smallest absolute Gasteiger partial charge is 0.221 e. The lowest BCUT2D eigenvalue weighted by Crippen LogP contribution is -2.08. The van der Waals surface area contributed by atoms with Crippen molar-refractivity contribution >= 4 is 10.8 Å². The second-order valence-electron chi connectivity index (χ2n) is 3.94. The Morgan fingerprint density at radius 2 is 2.19 bits per heavy atom. The van der Waals surface area contributed by atoms with E-state index < -0.39 is 0 Å². The zero-order valence-electron chi connectivity index (χ0n) is 9.60. The Morgan fingerprint density at radius 3 is 2.88 bits per heavy atom. The molecule has 1 heterocycles. The molecule has 1 aromatic carbocycles. The predicted octanol–water partition coefficient (Wildman–Crippen LogP) is 2.31. The molecule has 0 amide bonds. The Balaban J connectivity index is 2.59. The summed E-state index contributed by atoms with van der Waals surface area (Å²) in [6, 6.07) is 8.29. The Labute approximate surface area is 95.2 Å². The van der Waals surface area contributed by atoms with Gasteiger partial charge in [-0.3, -0.25) is 0 Å². The van der Waals surface area contributed by atoms with E-state index in [1.165, 1.54) is 5.56 Å². The molecule has 0 spiro atoms. The number of nitrogens with zero attached hydrogens (tertiary/aromatic N) is 1. The lowest BCUT2D eigenvalue weighted by Gasteiger charge is -2.11. The summed E-state index contributed by atoms with van der Waals surface area (Å²) in [7, 11) is 1.64. The van der Waals surface area contributed by atoms with Gasteiger partial charge in [-0.1, -0.05) is 19.1 Å². The van der Waals surface area contributed by atoms with Gasteiger partial charge in [0.15, 0.2) is 0 Å². The Bertz CT molecular complexity index is 496. The van der Waals surface area contributed by atoms with Crippen LogP contribution in [0.25, 0.3) is 10.8 Å². The molecule has 2 aromatic rings. The van der Waals surface area contributed by atoms with Gasteiger partial charge in [0, 0.05) is 11.6 Å². The van der Waals surface area contributed by atoms with Gasteiger partial charge in [-0.2, -0.15) is 0 Å². The van der Waals surface area contributed by atoms with Crippen LogP contribution in [-0.2, 0) is 0 Å². The lowest BCUT2D eigenvalue weighted by atomic mass is 9.98. The minimum absolute atomic E-state index is 0.356. The second-order valence-corrected chi connectivity index (χ2v) is 3.94. The van der Waals surface area contributed by atoms with Crippen LogP contribution in [0.3, 0.4) is 0 Å². The summed E-state index contributed by atoms with van der Waals surface area (Å²) in [4.78, 5) is 4.20. The molecule has 16 heavy (non-hydrogen) atoms. The van der Waals surface area contributed by atoms with Gasteiger partial charge < -0.3 is 10.5 Å². The number of rotatable bonds is 3. The molecule has 0 radical (unpaired) electrons. The first-order chi connectivity index (χ1) is 7.76. The SMILES string of the molecule is COc1nccc2ccc(C(C)CN)cc12. The van der Waals surface area contributed by atoms with E-state index >= 15 is 0 Å². The van der Waals surface area contributed by atoms with Crippen LogP contribution < -0.4 is 10.5 Å². The van der Waals surface area contributed by atoms with Crippen LogP contribution in [0.5, 0.6) is 5.88 Å². The van der Waals surface area contributed by atoms with Crippen molar-refractivity contribution in [2.45, 2.75) is 12.8 Å². The molecule has 0 aliphatic heterocycles.